The van der Waals surface area contributed by atoms with Gasteiger partial charge in [0.15, 0.2) is 0 Å². The van der Waals surface area contributed by atoms with Crippen LogP contribution in [0.25, 0.3) is 0 Å². The van der Waals surface area contributed by atoms with Gasteiger partial charge < -0.3 is 5.32 Å². The second-order valence-electron chi connectivity index (χ2n) is 7.06. The summed E-state index contributed by atoms with van der Waals surface area (Å²) in [6.07, 6.45) is 2.42. The SMILES string of the molecule is Cc1ccc(NC2c3ccccc3CCC2(C)C)cc1C. The maximum atomic E-state index is 3.80. The Balaban J connectivity index is 1.97. The monoisotopic (exact) mass is 279 g/mol. The topological polar surface area (TPSA) is 12.0 Å². The Hall–Kier alpha value is -1.76. The average molecular weight is 279 g/mol. The fourth-order valence-corrected chi connectivity index (χ4v) is 3.34. The Bertz CT molecular complexity index is 655. The molecule has 1 aliphatic rings. The zero-order valence-electron chi connectivity index (χ0n) is 13.5. The fraction of sp³-hybridized carbons (Fsp3) is 0.400. The summed E-state index contributed by atoms with van der Waals surface area (Å²) in [5, 5.41) is 3.80. The summed E-state index contributed by atoms with van der Waals surface area (Å²) in [5.74, 6) is 0. The quantitative estimate of drug-likeness (QED) is 0.773. The van der Waals surface area contributed by atoms with Gasteiger partial charge >= 0.3 is 0 Å². The third kappa shape index (κ3) is 2.70. The number of fused-ring (bicyclic) bond motifs is 1. The van der Waals surface area contributed by atoms with E-state index < -0.39 is 0 Å². The van der Waals surface area contributed by atoms with Crippen molar-refractivity contribution in [2.24, 2.45) is 5.41 Å². The van der Waals surface area contributed by atoms with Crippen LogP contribution in [0, 0.1) is 19.3 Å². The third-order valence-corrected chi connectivity index (χ3v) is 5.00. The molecule has 110 valence electrons. The van der Waals surface area contributed by atoms with Crippen molar-refractivity contribution in [2.45, 2.75) is 46.6 Å². The van der Waals surface area contributed by atoms with Crippen molar-refractivity contribution in [2.75, 3.05) is 5.32 Å². The molecule has 0 amide bonds. The molecule has 0 bridgehead atoms. The number of nitrogens with one attached hydrogen (secondary N) is 1. The highest BCUT2D eigenvalue weighted by molar-refractivity contribution is 5.51. The van der Waals surface area contributed by atoms with Crippen molar-refractivity contribution in [1.29, 1.82) is 0 Å². The van der Waals surface area contributed by atoms with Crippen molar-refractivity contribution >= 4 is 5.69 Å². The molecule has 0 saturated heterocycles. The van der Waals surface area contributed by atoms with E-state index in [0.29, 0.717) is 6.04 Å². The highest BCUT2D eigenvalue weighted by Gasteiger charge is 2.35. The number of hydrogen-bond donors (Lipinski definition) is 1. The van der Waals surface area contributed by atoms with Crippen molar-refractivity contribution in [3.8, 4) is 0 Å². The summed E-state index contributed by atoms with van der Waals surface area (Å²) < 4.78 is 0. The molecule has 0 radical (unpaired) electrons. The highest BCUT2D eigenvalue weighted by atomic mass is 14.9. The smallest absolute Gasteiger partial charge is 0.0567 e. The lowest BCUT2D eigenvalue weighted by Crippen LogP contribution is -2.33. The predicted molar refractivity (Wildman–Crippen MR) is 90.8 cm³/mol. The van der Waals surface area contributed by atoms with Gasteiger partial charge in [-0.3, -0.25) is 0 Å². The van der Waals surface area contributed by atoms with Crippen molar-refractivity contribution in [3.05, 3.63) is 64.7 Å². The molecule has 1 unspecified atom stereocenters. The summed E-state index contributed by atoms with van der Waals surface area (Å²) in [5.41, 5.74) is 7.16. The zero-order valence-corrected chi connectivity index (χ0v) is 13.5. The molecule has 3 rings (SSSR count). The first kappa shape index (κ1) is 14.2. The summed E-state index contributed by atoms with van der Waals surface area (Å²) >= 11 is 0. The van der Waals surface area contributed by atoms with E-state index in [9.17, 15) is 0 Å². The molecule has 0 spiro atoms. The molecule has 1 heteroatoms. The standard InChI is InChI=1S/C20H25N/c1-14-9-10-17(13-15(14)2)21-19-18-8-6-5-7-16(18)11-12-20(19,3)4/h5-10,13,19,21H,11-12H2,1-4H3. The molecule has 1 aliphatic carbocycles. The summed E-state index contributed by atoms with van der Waals surface area (Å²) in [6.45, 7) is 9.10. The molecule has 0 aliphatic heterocycles. The van der Waals surface area contributed by atoms with Crippen LogP contribution in [-0.2, 0) is 6.42 Å². The second kappa shape index (κ2) is 5.22. The van der Waals surface area contributed by atoms with Gasteiger partial charge in [0.05, 0.1) is 6.04 Å². The number of hydrogen-bond acceptors (Lipinski definition) is 1. The van der Waals surface area contributed by atoms with E-state index in [1.807, 2.05) is 0 Å². The van der Waals surface area contributed by atoms with E-state index in [0.717, 1.165) is 0 Å². The Morgan fingerprint density at radius 1 is 1.00 bits per heavy atom. The van der Waals surface area contributed by atoms with Crippen molar-refractivity contribution in [3.63, 3.8) is 0 Å². The van der Waals surface area contributed by atoms with E-state index in [2.05, 4.69) is 75.5 Å². The van der Waals surface area contributed by atoms with Crippen LogP contribution < -0.4 is 5.32 Å². The molecule has 1 N–H and O–H groups in total. The van der Waals surface area contributed by atoms with Gasteiger partial charge in [0.25, 0.3) is 0 Å². The van der Waals surface area contributed by atoms with E-state index in [4.69, 9.17) is 0 Å². The molecule has 0 fully saturated rings. The maximum absolute atomic E-state index is 3.80. The van der Waals surface area contributed by atoms with Gasteiger partial charge in [-0.2, -0.15) is 0 Å². The summed E-state index contributed by atoms with van der Waals surface area (Å²) in [4.78, 5) is 0. The van der Waals surface area contributed by atoms with Gasteiger partial charge in [-0.15, -0.1) is 0 Å². The lowest BCUT2D eigenvalue weighted by Gasteiger charge is -2.41. The van der Waals surface area contributed by atoms with Gasteiger partial charge in [-0.05, 0) is 66.5 Å². The number of aryl methyl sites for hydroxylation is 3. The zero-order chi connectivity index (χ0) is 15.0. The van der Waals surface area contributed by atoms with Gasteiger partial charge in [-0.1, -0.05) is 44.2 Å². The van der Waals surface area contributed by atoms with E-state index in [1.54, 1.807) is 0 Å². The second-order valence-corrected chi connectivity index (χ2v) is 7.06. The largest absolute Gasteiger partial charge is 0.378 e. The van der Waals surface area contributed by atoms with Crippen LogP contribution in [0.3, 0.4) is 0 Å². The van der Waals surface area contributed by atoms with Crippen LogP contribution >= 0.6 is 0 Å². The van der Waals surface area contributed by atoms with E-state index >= 15 is 0 Å². The highest BCUT2D eigenvalue weighted by Crippen LogP contribution is 2.45. The van der Waals surface area contributed by atoms with Crippen LogP contribution in [0.15, 0.2) is 42.5 Å². The Morgan fingerprint density at radius 3 is 2.52 bits per heavy atom. The van der Waals surface area contributed by atoms with Crippen LogP contribution in [0.5, 0.6) is 0 Å². The Kier molecular flexibility index (Phi) is 3.52. The summed E-state index contributed by atoms with van der Waals surface area (Å²) in [7, 11) is 0. The molecular formula is C20H25N. The van der Waals surface area contributed by atoms with Gasteiger partial charge in [0.1, 0.15) is 0 Å². The van der Waals surface area contributed by atoms with Crippen LogP contribution in [0.1, 0.15) is 48.6 Å². The first-order valence-corrected chi connectivity index (χ1v) is 7.89. The van der Waals surface area contributed by atoms with Gasteiger partial charge in [-0.25, -0.2) is 0 Å². The molecule has 1 atom stereocenters. The van der Waals surface area contributed by atoms with Crippen LogP contribution in [0.2, 0.25) is 0 Å². The lowest BCUT2D eigenvalue weighted by molar-refractivity contribution is 0.265. The normalized spacial score (nSPS) is 19.9. The maximum Gasteiger partial charge on any atom is 0.0567 e. The molecule has 0 saturated carbocycles. The predicted octanol–water partition coefficient (Wildman–Crippen LogP) is 5.43. The first-order valence-electron chi connectivity index (χ1n) is 7.89. The minimum Gasteiger partial charge on any atom is -0.378 e. The summed E-state index contributed by atoms with van der Waals surface area (Å²) in [6, 6.07) is 15.9. The minimum atomic E-state index is 0.271. The Labute approximate surface area is 128 Å². The average Bonchev–Trinajstić information content (AvgIpc) is 2.46. The number of anilines is 1. The molecule has 21 heavy (non-hydrogen) atoms. The molecule has 2 aromatic rings. The van der Waals surface area contributed by atoms with E-state index in [-0.39, 0.29) is 5.41 Å². The molecule has 1 nitrogen and oxygen atoms in total. The Morgan fingerprint density at radius 2 is 1.76 bits per heavy atom. The molecule has 0 aromatic heterocycles. The minimum absolute atomic E-state index is 0.271. The lowest BCUT2D eigenvalue weighted by atomic mass is 9.70. The molecular weight excluding hydrogens is 254 g/mol. The first-order chi connectivity index (χ1) is 9.97. The molecule has 2 aromatic carbocycles. The van der Waals surface area contributed by atoms with E-state index in [1.165, 1.54) is 40.8 Å². The van der Waals surface area contributed by atoms with Crippen LogP contribution in [0.4, 0.5) is 5.69 Å². The number of benzene rings is 2. The third-order valence-electron chi connectivity index (χ3n) is 5.00. The van der Waals surface area contributed by atoms with Crippen LogP contribution in [-0.4, -0.2) is 0 Å². The molecule has 0 heterocycles. The van der Waals surface area contributed by atoms with Gasteiger partial charge in [0, 0.05) is 5.69 Å². The van der Waals surface area contributed by atoms with Gasteiger partial charge in [0.2, 0.25) is 0 Å². The van der Waals surface area contributed by atoms with Crippen molar-refractivity contribution in [1.82, 2.24) is 0 Å². The fourth-order valence-electron chi connectivity index (χ4n) is 3.34. The number of rotatable bonds is 2. The van der Waals surface area contributed by atoms with Crippen molar-refractivity contribution < 1.29 is 0 Å².